The van der Waals surface area contributed by atoms with E-state index in [9.17, 15) is 13.2 Å². The van der Waals surface area contributed by atoms with Gasteiger partial charge in [-0.2, -0.15) is 0 Å². The van der Waals surface area contributed by atoms with Gasteiger partial charge in [0.25, 0.3) is 15.9 Å². The number of ether oxygens (including phenoxy) is 2. The lowest BCUT2D eigenvalue weighted by Crippen LogP contribution is -2.46. The number of hydrogen-bond acceptors (Lipinski definition) is 6. The third kappa shape index (κ3) is 4.82. The van der Waals surface area contributed by atoms with Crippen molar-refractivity contribution >= 4 is 26.8 Å². The Morgan fingerprint density at radius 2 is 1.86 bits per heavy atom. The zero-order chi connectivity index (χ0) is 26.0. The van der Waals surface area contributed by atoms with Gasteiger partial charge in [-0.1, -0.05) is 37.3 Å². The van der Waals surface area contributed by atoms with Crippen molar-refractivity contribution in [1.29, 1.82) is 0 Å². The molecule has 0 aliphatic carbocycles. The van der Waals surface area contributed by atoms with Gasteiger partial charge in [-0.15, -0.1) is 0 Å². The van der Waals surface area contributed by atoms with Gasteiger partial charge in [0.15, 0.2) is 5.60 Å². The third-order valence-corrected chi connectivity index (χ3v) is 7.98. The van der Waals surface area contributed by atoms with E-state index in [-0.39, 0.29) is 4.90 Å². The number of nitrogens with one attached hydrogen (secondary N) is 1. The van der Waals surface area contributed by atoms with E-state index in [0.717, 1.165) is 17.7 Å². The molecule has 1 saturated heterocycles. The number of benzene rings is 3. The van der Waals surface area contributed by atoms with Crippen molar-refractivity contribution in [3.8, 4) is 11.5 Å². The van der Waals surface area contributed by atoms with E-state index in [1.165, 1.54) is 6.07 Å². The number of carbonyl (C=O) groups is 1. The first-order valence-corrected chi connectivity index (χ1v) is 13.7. The number of aromatic nitrogens is 1. The normalized spacial score (nSPS) is 17.6. The van der Waals surface area contributed by atoms with Gasteiger partial charge in [-0.25, -0.2) is 13.1 Å². The maximum atomic E-state index is 13.9. The molecule has 1 N–H and O–H groups in total. The minimum Gasteiger partial charge on any atom is -0.457 e. The van der Waals surface area contributed by atoms with Crippen molar-refractivity contribution in [2.75, 3.05) is 6.61 Å². The van der Waals surface area contributed by atoms with Crippen LogP contribution in [0.4, 0.5) is 0 Å². The van der Waals surface area contributed by atoms with Crippen LogP contribution < -0.4 is 9.46 Å². The van der Waals surface area contributed by atoms with Gasteiger partial charge in [-0.3, -0.25) is 9.78 Å². The molecular formula is C29H28N2O5S. The average molecular weight is 517 g/mol. The van der Waals surface area contributed by atoms with Crippen LogP contribution in [-0.4, -0.2) is 25.9 Å². The molecular weight excluding hydrogens is 488 g/mol. The molecule has 0 bridgehead atoms. The second-order valence-electron chi connectivity index (χ2n) is 9.09. The molecule has 0 unspecified atom stereocenters. The Kier molecular flexibility index (Phi) is 6.70. The average Bonchev–Trinajstić information content (AvgIpc) is 3.40. The first kappa shape index (κ1) is 24.9. The van der Waals surface area contributed by atoms with Gasteiger partial charge in [-0.05, 0) is 80.3 Å². The zero-order valence-electron chi connectivity index (χ0n) is 20.7. The van der Waals surface area contributed by atoms with E-state index < -0.39 is 21.5 Å². The number of amides is 1. The lowest BCUT2D eigenvalue weighted by molar-refractivity contribution is -0.140. The molecule has 1 aromatic heterocycles. The summed E-state index contributed by atoms with van der Waals surface area (Å²) in [4.78, 5) is 18.3. The number of carbonyl (C=O) groups excluding carboxylic acids is 1. The van der Waals surface area contributed by atoms with Crippen molar-refractivity contribution in [3.05, 3.63) is 95.7 Å². The fourth-order valence-corrected chi connectivity index (χ4v) is 5.93. The number of aryl methyl sites for hydroxylation is 2. The highest BCUT2D eigenvalue weighted by Gasteiger charge is 2.48. The van der Waals surface area contributed by atoms with E-state index in [1.807, 2.05) is 62.4 Å². The number of nitrogens with zero attached hydrogens (tertiary/aromatic N) is 1. The number of hydrogen-bond donors (Lipinski definition) is 1. The Hall–Kier alpha value is -3.75. The molecule has 2 heterocycles. The molecule has 1 aliphatic rings. The maximum Gasteiger partial charge on any atom is 0.270 e. The lowest BCUT2D eigenvalue weighted by Gasteiger charge is -2.29. The summed E-state index contributed by atoms with van der Waals surface area (Å²) in [5.74, 6) is 0.309. The van der Waals surface area contributed by atoms with Gasteiger partial charge >= 0.3 is 0 Å². The molecule has 190 valence electrons. The molecule has 3 aromatic carbocycles. The van der Waals surface area contributed by atoms with E-state index in [4.69, 9.17) is 9.47 Å². The van der Waals surface area contributed by atoms with Crippen LogP contribution in [0.5, 0.6) is 11.5 Å². The smallest absolute Gasteiger partial charge is 0.270 e. The highest BCUT2D eigenvalue weighted by Crippen LogP contribution is 2.43. The fraction of sp³-hybridized carbons (Fsp3) is 0.241. The molecule has 1 aliphatic heterocycles. The molecule has 0 spiro atoms. The maximum absolute atomic E-state index is 13.9. The Morgan fingerprint density at radius 3 is 2.59 bits per heavy atom. The van der Waals surface area contributed by atoms with Gasteiger partial charge in [0.05, 0.1) is 10.4 Å². The van der Waals surface area contributed by atoms with Crippen LogP contribution in [0.15, 0.2) is 83.8 Å². The van der Waals surface area contributed by atoms with Gasteiger partial charge in [0, 0.05) is 23.3 Å². The van der Waals surface area contributed by atoms with Crippen molar-refractivity contribution in [1.82, 2.24) is 9.71 Å². The van der Waals surface area contributed by atoms with Crippen LogP contribution in [0.3, 0.4) is 0 Å². The highest BCUT2D eigenvalue weighted by molar-refractivity contribution is 7.90. The Morgan fingerprint density at radius 1 is 1.05 bits per heavy atom. The molecule has 0 saturated carbocycles. The van der Waals surface area contributed by atoms with Gasteiger partial charge in [0.1, 0.15) is 11.5 Å². The predicted molar refractivity (Wildman–Crippen MR) is 141 cm³/mol. The zero-order valence-corrected chi connectivity index (χ0v) is 21.5. The summed E-state index contributed by atoms with van der Waals surface area (Å²) >= 11 is 0. The second-order valence-corrected chi connectivity index (χ2v) is 10.7. The summed E-state index contributed by atoms with van der Waals surface area (Å²) in [5.41, 5.74) is 1.29. The third-order valence-electron chi connectivity index (χ3n) is 6.59. The molecule has 8 heteroatoms. The molecule has 1 amide bonds. The van der Waals surface area contributed by atoms with Crippen molar-refractivity contribution < 1.29 is 22.7 Å². The number of rotatable bonds is 7. The Labute approximate surface area is 216 Å². The first-order valence-electron chi connectivity index (χ1n) is 12.3. The number of pyridine rings is 1. The summed E-state index contributed by atoms with van der Waals surface area (Å²) in [6.45, 7) is 4.18. The quantitative estimate of drug-likeness (QED) is 0.353. The number of para-hydroxylation sites is 1. The molecule has 5 rings (SSSR count). The molecule has 37 heavy (non-hydrogen) atoms. The van der Waals surface area contributed by atoms with Crippen LogP contribution >= 0.6 is 0 Å². The SMILES string of the molecule is CCc1ccc(Oc2ccccc2)c([C@@]2(C(=O)NS(=O)(=O)c3cccc4nc(C)ccc34)CCCO2)c1. The predicted octanol–water partition coefficient (Wildman–Crippen LogP) is 5.41. The molecule has 7 nitrogen and oxygen atoms in total. The second kappa shape index (κ2) is 9.95. The van der Waals surface area contributed by atoms with Crippen LogP contribution in [0.1, 0.15) is 36.6 Å². The van der Waals surface area contributed by atoms with Gasteiger partial charge in [0.2, 0.25) is 0 Å². The van der Waals surface area contributed by atoms with E-state index in [2.05, 4.69) is 9.71 Å². The minimum absolute atomic E-state index is 0.0120. The van der Waals surface area contributed by atoms with E-state index in [1.54, 1.807) is 24.3 Å². The van der Waals surface area contributed by atoms with Crippen molar-refractivity contribution in [2.24, 2.45) is 0 Å². The van der Waals surface area contributed by atoms with E-state index in [0.29, 0.717) is 47.4 Å². The van der Waals surface area contributed by atoms with Crippen LogP contribution in [0, 0.1) is 6.92 Å². The standard InChI is InChI=1S/C29H28N2O5S/c1-3-21-14-16-26(36-22-9-5-4-6-10-22)24(19-21)29(17-8-18-35-29)28(32)31-37(33,34)27-12-7-11-25-23(27)15-13-20(2)30-25/h4-7,9-16,19H,3,8,17-18H2,1-2H3,(H,31,32)/t29-/m1/s1. The van der Waals surface area contributed by atoms with Crippen molar-refractivity contribution in [2.45, 2.75) is 43.6 Å². The van der Waals surface area contributed by atoms with Crippen LogP contribution in [0.2, 0.25) is 0 Å². The van der Waals surface area contributed by atoms with Crippen LogP contribution in [0.25, 0.3) is 10.9 Å². The lowest BCUT2D eigenvalue weighted by atomic mass is 9.88. The monoisotopic (exact) mass is 516 g/mol. The largest absolute Gasteiger partial charge is 0.457 e. The van der Waals surface area contributed by atoms with E-state index >= 15 is 0 Å². The summed E-state index contributed by atoms with van der Waals surface area (Å²) in [6.07, 6.45) is 1.66. The highest BCUT2D eigenvalue weighted by atomic mass is 32.2. The fourth-order valence-electron chi connectivity index (χ4n) is 4.69. The van der Waals surface area contributed by atoms with Crippen molar-refractivity contribution in [3.63, 3.8) is 0 Å². The number of sulfonamides is 1. The van der Waals surface area contributed by atoms with Crippen LogP contribution in [-0.2, 0) is 31.6 Å². The Balaban J connectivity index is 1.56. The number of fused-ring (bicyclic) bond motifs is 1. The van der Waals surface area contributed by atoms with Gasteiger partial charge < -0.3 is 9.47 Å². The summed E-state index contributed by atoms with van der Waals surface area (Å²) < 4.78 is 41.6. The summed E-state index contributed by atoms with van der Waals surface area (Å²) in [6, 6.07) is 23.1. The molecule has 1 fully saturated rings. The topological polar surface area (TPSA) is 94.6 Å². The minimum atomic E-state index is -4.23. The molecule has 1 atom stereocenters. The summed E-state index contributed by atoms with van der Waals surface area (Å²) in [5, 5.41) is 0.441. The first-order chi connectivity index (χ1) is 17.8. The molecule has 4 aromatic rings. The Bertz CT molecular complexity index is 1560. The molecule has 0 radical (unpaired) electrons. The summed E-state index contributed by atoms with van der Waals surface area (Å²) in [7, 11) is -4.23.